The third-order valence-corrected chi connectivity index (χ3v) is 4.16. The number of carbonyl (C=O) groups excluding carboxylic acids is 2. The van der Waals surface area contributed by atoms with Gasteiger partial charge in [-0.2, -0.15) is 0 Å². The largest absolute Gasteiger partial charge is 0.491 e. The minimum absolute atomic E-state index is 0.000282. The van der Waals surface area contributed by atoms with E-state index in [0.29, 0.717) is 22.1 Å². The fraction of sp³-hybridized carbons (Fsp3) is 0.300. The lowest BCUT2D eigenvalue weighted by Gasteiger charge is -2.12. The average molecular weight is 391 g/mol. The number of rotatable bonds is 6. The number of hydrogen-bond donors (Lipinski definition) is 2. The number of aryl methyl sites for hydroxylation is 2. The number of carbonyl (C=O) groups is 2. The first-order valence-electron chi connectivity index (χ1n) is 8.51. The van der Waals surface area contributed by atoms with Crippen LogP contribution in [0, 0.1) is 13.8 Å². The van der Waals surface area contributed by atoms with Crippen molar-refractivity contribution in [2.24, 2.45) is 0 Å². The highest BCUT2D eigenvalue weighted by atomic mass is 35.5. The number of halogens is 1. The van der Waals surface area contributed by atoms with Crippen molar-refractivity contribution >= 4 is 23.4 Å². The molecule has 2 amide bonds. The van der Waals surface area contributed by atoms with Crippen molar-refractivity contribution in [3.63, 3.8) is 0 Å². The van der Waals surface area contributed by atoms with Crippen molar-refractivity contribution in [1.29, 1.82) is 0 Å². The molecule has 27 heavy (non-hydrogen) atoms. The van der Waals surface area contributed by atoms with Crippen molar-refractivity contribution in [3.05, 3.63) is 58.1 Å². The van der Waals surface area contributed by atoms with Crippen LogP contribution in [-0.2, 0) is 4.79 Å². The normalized spacial score (nSPS) is 10.4. The molecule has 0 heterocycles. The molecule has 0 atom stereocenters. The van der Waals surface area contributed by atoms with Gasteiger partial charge in [0.15, 0.2) is 6.61 Å². The van der Waals surface area contributed by atoms with E-state index in [2.05, 4.69) is 10.9 Å². The Morgan fingerprint density at radius 1 is 1.04 bits per heavy atom. The number of hydrogen-bond acceptors (Lipinski definition) is 4. The molecule has 0 saturated heterocycles. The molecule has 0 radical (unpaired) electrons. The summed E-state index contributed by atoms with van der Waals surface area (Å²) >= 11 is 6.10. The Bertz CT molecular complexity index is 813. The topological polar surface area (TPSA) is 76.7 Å². The lowest BCUT2D eigenvalue weighted by atomic mass is 10.1. The van der Waals surface area contributed by atoms with Crippen LogP contribution in [0.5, 0.6) is 11.5 Å². The fourth-order valence-electron chi connectivity index (χ4n) is 2.36. The number of benzene rings is 2. The van der Waals surface area contributed by atoms with E-state index in [1.54, 1.807) is 36.4 Å². The highest BCUT2D eigenvalue weighted by molar-refractivity contribution is 6.32. The highest BCUT2D eigenvalue weighted by Crippen LogP contribution is 2.25. The second-order valence-corrected chi connectivity index (χ2v) is 6.73. The summed E-state index contributed by atoms with van der Waals surface area (Å²) in [4.78, 5) is 24.1. The highest BCUT2D eigenvalue weighted by Gasteiger charge is 2.10. The molecule has 0 saturated carbocycles. The van der Waals surface area contributed by atoms with Crippen LogP contribution in [-0.4, -0.2) is 24.5 Å². The second-order valence-electron chi connectivity index (χ2n) is 6.36. The quantitative estimate of drug-likeness (QED) is 0.739. The zero-order chi connectivity index (χ0) is 20.0. The number of hydrazine groups is 1. The van der Waals surface area contributed by atoms with Gasteiger partial charge >= 0.3 is 0 Å². The summed E-state index contributed by atoms with van der Waals surface area (Å²) in [6.07, 6.45) is 0.000282. The molecule has 0 spiro atoms. The van der Waals surface area contributed by atoms with E-state index < -0.39 is 11.8 Å². The second kappa shape index (κ2) is 9.28. The maximum atomic E-state index is 12.2. The molecule has 2 aromatic carbocycles. The lowest BCUT2D eigenvalue weighted by Crippen LogP contribution is -2.43. The predicted octanol–water partition coefficient (Wildman–Crippen LogP) is 3.58. The predicted molar refractivity (Wildman–Crippen MR) is 104 cm³/mol. The first-order chi connectivity index (χ1) is 12.8. The van der Waals surface area contributed by atoms with Crippen LogP contribution in [0.15, 0.2) is 36.4 Å². The minimum Gasteiger partial charge on any atom is -0.491 e. The molecule has 2 rings (SSSR count). The molecule has 0 aliphatic carbocycles. The van der Waals surface area contributed by atoms with Crippen molar-refractivity contribution in [3.8, 4) is 11.5 Å². The number of ether oxygens (including phenoxy) is 2. The molecule has 7 heteroatoms. The third-order valence-electron chi connectivity index (χ3n) is 3.56. The third kappa shape index (κ3) is 6.18. The Hall–Kier alpha value is -2.73. The van der Waals surface area contributed by atoms with E-state index in [4.69, 9.17) is 21.1 Å². The maximum absolute atomic E-state index is 12.2. The zero-order valence-electron chi connectivity index (χ0n) is 15.8. The molecule has 0 bridgehead atoms. The summed E-state index contributed by atoms with van der Waals surface area (Å²) in [6, 6.07) is 10.2. The Kier molecular flexibility index (Phi) is 7.07. The molecule has 2 aromatic rings. The summed E-state index contributed by atoms with van der Waals surface area (Å²) in [5.41, 5.74) is 6.78. The van der Waals surface area contributed by atoms with Crippen molar-refractivity contribution < 1.29 is 19.1 Å². The Labute approximate surface area is 163 Å². The van der Waals surface area contributed by atoms with Crippen LogP contribution in [0.25, 0.3) is 0 Å². The molecule has 2 N–H and O–H groups in total. The van der Waals surface area contributed by atoms with Gasteiger partial charge in [-0.05, 0) is 69.2 Å². The van der Waals surface area contributed by atoms with Gasteiger partial charge in [-0.1, -0.05) is 17.7 Å². The summed E-state index contributed by atoms with van der Waals surface area (Å²) < 4.78 is 11.0. The van der Waals surface area contributed by atoms with Gasteiger partial charge in [0.05, 0.1) is 6.10 Å². The summed E-state index contributed by atoms with van der Waals surface area (Å²) in [5.74, 6) is 0.189. The molecule has 0 unspecified atom stereocenters. The maximum Gasteiger partial charge on any atom is 0.276 e. The van der Waals surface area contributed by atoms with E-state index >= 15 is 0 Å². The van der Waals surface area contributed by atoms with Gasteiger partial charge < -0.3 is 9.47 Å². The van der Waals surface area contributed by atoms with Gasteiger partial charge in [0.1, 0.15) is 11.5 Å². The molecule has 0 aliphatic rings. The van der Waals surface area contributed by atoms with Gasteiger partial charge in [0, 0.05) is 10.6 Å². The molecule has 0 aromatic heterocycles. The number of nitrogens with one attached hydrogen (secondary N) is 2. The van der Waals surface area contributed by atoms with Crippen LogP contribution >= 0.6 is 11.6 Å². The van der Waals surface area contributed by atoms with E-state index in [1.807, 2.05) is 27.7 Å². The first-order valence-corrected chi connectivity index (χ1v) is 8.89. The molecular formula is C20H23ClN2O4. The van der Waals surface area contributed by atoms with E-state index in [0.717, 1.165) is 11.1 Å². The molecular weight excluding hydrogens is 368 g/mol. The van der Waals surface area contributed by atoms with Gasteiger partial charge in [-0.15, -0.1) is 0 Å². The smallest absolute Gasteiger partial charge is 0.276 e. The average Bonchev–Trinajstić information content (AvgIpc) is 2.62. The standard InChI is InChI=1S/C20H23ClN2O4/c1-12(2)27-16-7-5-6-15(10-16)20(25)23-22-18(24)11-26-17-8-13(3)19(21)14(4)9-17/h5-10,12H,11H2,1-4H3,(H,22,24)(H,23,25). The minimum atomic E-state index is -0.483. The van der Waals surface area contributed by atoms with Crippen molar-refractivity contribution in [2.45, 2.75) is 33.8 Å². The summed E-state index contributed by atoms with van der Waals surface area (Å²) in [5, 5.41) is 0.669. The van der Waals surface area contributed by atoms with Crippen LogP contribution in [0.3, 0.4) is 0 Å². The van der Waals surface area contributed by atoms with Gasteiger partial charge in [0.25, 0.3) is 11.8 Å². The molecule has 6 nitrogen and oxygen atoms in total. The van der Waals surface area contributed by atoms with Crippen LogP contribution < -0.4 is 20.3 Å². The van der Waals surface area contributed by atoms with E-state index in [9.17, 15) is 9.59 Å². The number of amides is 2. The molecule has 144 valence electrons. The Balaban J connectivity index is 1.85. The van der Waals surface area contributed by atoms with Gasteiger partial charge in [-0.3, -0.25) is 20.4 Å². The Morgan fingerprint density at radius 2 is 1.70 bits per heavy atom. The summed E-state index contributed by atoms with van der Waals surface area (Å²) in [6.45, 7) is 7.28. The van der Waals surface area contributed by atoms with E-state index in [1.165, 1.54) is 0 Å². The van der Waals surface area contributed by atoms with Crippen LogP contribution in [0.1, 0.15) is 35.3 Å². The monoisotopic (exact) mass is 390 g/mol. The SMILES string of the molecule is Cc1cc(OCC(=O)NNC(=O)c2cccc(OC(C)C)c2)cc(C)c1Cl. The van der Waals surface area contributed by atoms with Crippen molar-refractivity contribution in [2.75, 3.05) is 6.61 Å². The first kappa shape index (κ1) is 20.6. The van der Waals surface area contributed by atoms with Gasteiger partial charge in [-0.25, -0.2) is 0 Å². The molecule has 0 fully saturated rings. The van der Waals surface area contributed by atoms with Crippen LogP contribution in [0.2, 0.25) is 5.02 Å². The summed E-state index contributed by atoms with van der Waals surface area (Å²) in [7, 11) is 0. The van der Waals surface area contributed by atoms with Crippen molar-refractivity contribution in [1.82, 2.24) is 10.9 Å². The molecule has 0 aliphatic heterocycles. The Morgan fingerprint density at radius 3 is 2.33 bits per heavy atom. The fourth-order valence-corrected chi connectivity index (χ4v) is 2.47. The van der Waals surface area contributed by atoms with E-state index in [-0.39, 0.29) is 12.7 Å². The zero-order valence-corrected chi connectivity index (χ0v) is 16.5. The van der Waals surface area contributed by atoms with Crippen LogP contribution in [0.4, 0.5) is 0 Å². The lowest BCUT2D eigenvalue weighted by molar-refractivity contribution is -0.123. The van der Waals surface area contributed by atoms with Gasteiger partial charge in [0.2, 0.25) is 0 Å².